The molecule has 0 unspecified atom stereocenters. The van der Waals surface area contributed by atoms with E-state index >= 15 is 0 Å². The molecular formula is C4H11N2NaO2S2. The van der Waals surface area contributed by atoms with E-state index in [0.717, 1.165) is 0 Å². The number of methoxy groups -OCH3 is 2. The first-order valence-corrected chi connectivity index (χ1v) is 3.03. The standard InChI is InChI=1S/2C2H5NOS.Na.H/c2*1-4-2(3)5;;/h2*1H3,(H2,3,5);;/q;;+1;-1. The van der Waals surface area contributed by atoms with E-state index in [4.69, 9.17) is 11.5 Å². The van der Waals surface area contributed by atoms with Crippen LogP contribution in [0.4, 0.5) is 0 Å². The molecule has 4 N–H and O–H groups in total. The molecule has 0 spiro atoms. The summed E-state index contributed by atoms with van der Waals surface area (Å²) in [6.07, 6.45) is 0. The molecule has 0 aliphatic rings. The summed E-state index contributed by atoms with van der Waals surface area (Å²) in [7, 11) is 2.87. The van der Waals surface area contributed by atoms with E-state index < -0.39 is 0 Å². The Morgan fingerprint density at radius 2 is 1.18 bits per heavy atom. The van der Waals surface area contributed by atoms with Crippen LogP contribution in [0.15, 0.2) is 0 Å². The molecule has 0 rings (SSSR count). The molecule has 4 nitrogen and oxygen atoms in total. The van der Waals surface area contributed by atoms with Crippen LogP contribution in [0.1, 0.15) is 1.43 Å². The normalized spacial score (nSPS) is 6.00. The van der Waals surface area contributed by atoms with Gasteiger partial charge in [0.1, 0.15) is 0 Å². The van der Waals surface area contributed by atoms with Gasteiger partial charge in [0.05, 0.1) is 14.2 Å². The number of hydrogen-bond acceptors (Lipinski definition) is 4. The van der Waals surface area contributed by atoms with E-state index in [-0.39, 0.29) is 41.3 Å². The van der Waals surface area contributed by atoms with Gasteiger partial charge in [0.25, 0.3) is 10.3 Å². The number of thiocarbonyl (C=S) groups is 2. The van der Waals surface area contributed by atoms with Crippen LogP contribution in [-0.2, 0) is 9.47 Å². The van der Waals surface area contributed by atoms with Gasteiger partial charge in [0.15, 0.2) is 0 Å². The van der Waals surface area contributed by atoms with Gasteiger partial charge in [0, 0.05) is 0 Å². The fourth-order valence-electron chi connectivity index (χ4n) is 0. The number of hydrogen-bond donors (Lipinski definition) is 2. The van der Waals surface area contributed by atoms with Crippen molar-refractivity contribution in [3.05, 3.63) is 0 Å². The average Bonchev–Trinajstić information content (AvgIpc) is 1.89. The van der Waals surface area contributed by atoms with Gasteiger partial charge in [-0.05, 0) is 24.4 Å². The molecule has 0 radical (unpaired) electrons. The van der Waals surface area contributed by atoms with Crippen LogP contribution in [0.3, 0.4) is 0 Å². The van der Waals surface area contributed by atoms with Crippen LogP contribution in [0.5, 0.6) is 0 Å². The van der Waals surface area contributed by atoms with Gasteiger partial charge in [0.2, 0.25) is 0 Å². The zero-order valence-electron chi connectivity index (χ0n) is 7.79. The molecule has 0 heterocycles. The van der Waals surface area contributed by atoms with Crippen LogP contribution in [-0.4, -0.2) is 24.6 Å². The fourth-order valence-corrected chi connectivity index (χ4v) is 0. The first-order valence-electron chi connectivity index (χ1n) is 2.21. The van der Waals surface area contributed by atoms with E-state index in [1.165, 1.54) is 14.2 Å². The largest absolute Gasteiger partial charge is 1.00 e. The Morgan fingerprint density at radius 3 is 1.18 bits per heavy atom. The summed E-state index contributed by atoms with van der Waals surface area (Å²) in [5, 5.41) is 0.176. The van der Waals surface area contributed by atoms with Gasteiger partial charge in [-0.1, -0.05) is 0 Å². The van der Waals surface area contributed by atoms with Gasteiger partial charge in [-0.3, -0.25) is 0 Å². The molecule has 0 amide bonds. The second-order valence-electron chi connectivity index (χ2n) is 1.05. The Balaban J connectivity index is -0.0000000457. The molecule has 7 heteroatoms. The van der Waals surface area contributed by atoms with Crippen LogP contribution < -0.4 is 41.0 Å². The Morgan fingerprint density at radius 1 is 1.09 bits per heavy atom. The Hall–Kier alpha value is 0.380. The summed E-state index contributed by atoms with van der Waals surface area (Å²) in [5.74, 6) is 0. The zero-order valence-corrected chi connectivity index (χ0v) is 10.4. The predicted octanol–water partition coefficient (Wildman–Crippen LogP) is -3.13. The fraction of sp³-hybridized carbons (Fsp3) is 0.500. The number of ether oxygens (including phenoxy) is 2. The SMILES string of the molecule is COC(N)=S.COC(N)=S.[H-].[Na+]. The van der Waals surface area contributed by atoms with Crippen LogP contribution >= 0.6 is 24.4 Å². The van der Waals surface area contributed by atoms with Gasteiger partial charge in [-0.15, -0.1) is 0 Å². The van der Waals surface area contributed by atoms with Crippen LogP contribution in [0.2, 0.25) is 0 Å². The maximum atomic E-state index is 4.80. The van der Waals surface area contributed by atoms with Crippen molar-refractivity contribution in [3.63, 3.8) is 0 Å². The smallest absolute Gasteiger partial charge is 1.00 e. The minimum absolute atomic E-state index is 0. The minimum Gasteiger partial charge on any atom is -1.00 e. The first-order chi connectivity index (χ1) is 4.54. The number of rotatable bonds is 0. The van der Waals surface area contributed by atoms with Crippen molar-refractivity contribution in [1.82, 2.24) is 0 Å². The van der Waals surface area contributed by atoms with Crippen molar-refractivity contribution in [2.75, 3.05) is 14.2 Å². The van der Waals surface area contributed by atoms with Gasteiger partial charge in [-0.25, -0.2) is 0 Å². The second-order valence-corrected chi connectivity index (χ2v) is 1.85. The third kappa shape index (κ3) is 38.0. The maximum Gasteiger partial charge on any atom is 1.00 e. The monoisotopic (exact) mass is 206 g/mol. The topological polar surface area (TPSA) is 70.5 Å². The molecule has 11 heavy (non-hydrogen) atoms. The van der Waals surface area contributed by atoms with E-state index in [2.05, 4.69) is 33.9 Å². The average molecular weight is 206 g/mol. The molecule has 0 bridgehead atoms. The maximum absolute atomic E-state index is 4.80. The van der Waals surface area contributed by atoms with Crippen LogP contribution in [0.25, 0.3) is 0 Å². The summed E-state index contributed by atoms with van der Waals surface area (Å²) in [6.45, 7) is 0. The Kier molecular flexibility index (Phi) is 20.6. The van der Waals surface area contributed by atoms with Crippen molar-refractivity contribution in [2.45, 2.75) is 0 Å². The summed E-state index contributed by atoms with van der Waals surface area (Å²) < 4.78 is 8.52. The molecule has 0 saturated carbocycles. The van der Waals surface area contributed by atoms with E-state index in [1.807, 2.05) is 0 Å². The third-order valence-corrected chi connectivity index (χ3v) is 0.736. The molecule has 0 saturated heterocycles. The van der Waals surface area contributed by atoms with E-state index in [9.17, 15) is 0 Å². The molecule has 0 aromatic rings. The van der Waals surface area contributed by atoms with Gasteiger partial charge < -0.3 is 22.4 Å². The predicted molar refractivity (Wildman–Crippen MR) is 48.7 cm³/mol. The van der Waals surface area contributed by atoms with Crippen molar-refractivity contribution >= 4 is 34.8 Å². The Labute approximate surface area is 100 Å². The van der Waals surface area contributed by atoms with Crippen LogP contribution in [0, 0.1) is 0 Å². The molecular weight excluding hydrogens is 195 g/mol. The van der Waals surface area contributed by atoms with Gasteiger partial charge >= 0.3 is 29.6 Å². The van der Waals surface area contributed by atoms with Gasteiger partial charge in [-0.2, -0.15) is 0 Å². The van der Waals surface area contributed by atoms with Crippen molar-refractivity contribution < 1.29 is 40.5 Å². The molecule has 0 aliphatic carbocycles. The molecule has 62 valence electrons. The molecule has 0 aliphatic heterocycles. The minimum atomic E-state index is 0. The number of nitrogens with two attached hydrogens (primary N) is 2. The van der Waals surface area contributed by atoms with E-state index in [1.54, 1.807) is 0 Å². The summed E-state index contributed by atoms with van der Waals surface area (Å²) in [5.41, 5.74) is 9.60. The van der Waals surface area contributed by atoms with Crippen molar-refractivity contribution in [1.29, 1.82) is 0 Å². The molecule has 0 atom stereocenters. The van der Waals surface area contributed by atoms with E-state index in [0.29, 0.717) is 0 Å². The Bertz CT molecular complexity index is 114. The molecule has 0 aromatic carbocycles. The zero-order chi connectivity index (χ0) is 8.57. The summed E-state index contributed by atoms with van der Waals surface area (Å²) in [6, 6.07) is 0. The van der Waals surface area contributed by atoms with Crippen molar-refractivity contribution in [3.8, 4) is 0 Å². The molecule has 0 fully saturated rings. The molecule has 0 aromatic heterocycles. The third-order valence-electron chi connectivity index (χ3n) is 0.402. The second kappa shape index (κ2) is 13.0. The first kappa shape index (κ1) is 17.5. The summed E-state index contributed by atoms with van der Waals surface area (Å²) in [4.78, 5) is 0. The quantitative estimate of drug-likeness (QED) is 0.323. The van der Waals surface area contributed by atoms with Crippen molar-refractivity contribution in [2.24, 2.45) is 11.5 Å². The summed E-state index contributed by atoms with van der Waals surface area (Å²) >= 11 is 8.50.